The van der Waals surface area contributed by atoms with Crippen molar-refractivity contribution in [2.75, 3.05) is 0 Å². The number of nitrogens with one attached hydrogen (secondary N) is 2. The van der Waals surface area contributed by atoms with Gasteiger partial charge in [0, 0.05) is 17.8 Å². The molecule has 0 aliphatic carbocycles. The molecule has 0 bridgehead atoms. The lowest BCUT2D eigenvalue weighted by atomic mass is 10.2. The molecule has 108 valence electrons. The first-order valence-electron chi connectivity index (χ1n) is 6.18. The van der Waals surface area contributed by atoms with Crippen molar-refractivity contribution < 1.29 is 9.59 Å². The van der Waals surface area contributed by atoms with Gasteiger partial charge in [0.25, 0.3) is 5.91 Å². The zero-order valence-corrected chi connectivity index (χ0v) is 12.5. The van der Waals surface area contributed by atoms with E-state index >= 15 is 0 Å². The standard InChI is InChI=1S/C13H18N4O2S/c1-7(2)16-12(18)8(3)17-13(19)10-5-4-9(6-15-10)11(14)20/h4-8H,1-3H3,(H2,14,20)(H,16,18)(H,17,19). The highest BCUT2D eigenvalue weighted by Gasteiger charge is 2.17. The van der Waals surface area contributed by atoms with Crippen LogP contribution in [0, 0.1) is 0 Å². The van der Waals surface area contributed by atoms with E-state index in [0.29, 0.717) is 5.56 Å². The van der Waals surface area contributed by atoms with Gasteiger partial charge in [-0.3, -0.25) is 14.6 Å². The van der Waals surface area contributed by atoms with Crippen molar-refractivity contribution in [1.29, 1.82) is 0 Å². The molecule has 1 rings (SSSR count). The minimum atomic E-state index is -0.637. The van der Waals surface area contributed by atoms with Gasteiger partial charge in [0.2, 0.25) is 5.91 Å². The largest absolute Gasteiger partial charge is 0.389 e. The van der Waals surface area contributed by atoms with Crippen LogP contribution in [0.3, 0.4) is 0 Å². The summed E-state index contributed by atoms with van der Waals surface area (Å²) in [4.78, 5) is 27.8. The minimum Gasteiger partial charge on any atom is -0.389 e. The molecule has 7 heteroatoms. The summed E-state index contributed by atoms with van der Waals surface area (Å²) < 4.78 is 0. The number of carbonyl (C=O) groups is 2. The van der Waals surface area contributed by atoms with Gasteiger partial charge in [-0.05, 0) is 32.9 Å². The second kappa shape index (κ2) is 6.95. The van der Waals surface area contributed by atoms with Gasteiger partial charge in [0.15, 0.2) is 0 Å². The molecule has 1 aromatic heterocycles. The third-order valence-electron chi connectivity index (χ3n) is 2.45. The fraction of sp³-hybridized carbons (Fsp3) is 0.385. The van der Waals surface area contributed by atoms with E-state index in [1.807, 2.05) is 13.8 Å². The number of aromatic nitrogens is 1. The first kappa shape index (κ1) is 16.0. The van der Waals surface area contributed by atoms with Gasteiger partial charge in [-0.2, -0.15) is 0 Å². The van der Waals surface area contributed by atoms with E-state index in [1.54, 1.807) is 13.0 Å². The summed E-state index contributed by atoms with van der Waals surface area (Å²) in [6.07, 6.45) is 1.43. The molecule has 1 unspecified atom stereocenters. The van der Waals surface area contributed by atoms with Crippen LogP contribution in [0.15, 0.2) is 18.3 Å². The lowest BCUT2D eigenvalue weighted by Gasteiger charge is -2.15. The summed E-state index contributed by atoms with van der Waals surface area (Å²) in [6.45, 7) is 5.31. The molecule has 0 saturated heterocycles. The fourth-order valence-corrected chi connectivity index (χ4v) is 1.54. The van der Waals surface area contributed by atoms with Crippen molar-refractivity contribution in [2.45, 2.75) is 32.9 Å². The van der Waals surface area contributed by atoms with Gasteiger partial charge in [-0.1, -0.05) is 12.2 Å². The van der Waals surface area contributed by atoms with Gasteiger partial charge in [0.1, 0.15) is 16.7 Å². The fourth-order valence-electron chi connectivity index (χ4n) is 1.42. The summed E-state index contributed by atoms with van der Waals surface area (Å²) >= 11 is 4.80. The van der Waals surface area contributed by atoms with Crippen LogP contribution in [0.5, 0.6) is 0 Å². The molecule has 6 nitrogen and oxygen atoms in total. The number of amides is 2. The molecule has 4 N–H and O–H groups in total. The topological polar surface area (TPSA) is 97.1 Å². The predicted molar refractivity (Wildman–Crippen MR) is 80.3 cm³/mol. The summed E-state index contributed by atoms with van der Waals surface area (Å²) in [5.74, 6) is -0.668. The molecular formula is C13H18N4O2S. The highest BCUT2D eigenvalue weighted by atomic mass is 32.1. The average Bonchev–Trinajstić information content (AvgIpc) is 2.37. The van der Waals surface area contributed by atoms with E-state index in [4.69, 9.17) is 18.0 Å². The van der Waals surface area contributed by atoms with Crippen molar-refractivity contribution in [3.05, 3.63) is 29.6 Å². The highest BCUT2D eigenvalue weighted by Crippen LogP contribution is 2.01. The first-order valence-corrected chi connectivity index (χ1v) is 6.59. The Balaban J connectivity index is 2.66. The Morgan fingerprint density at radius 1 is 1.25 bits per heavy atom. The van der Waals surface area contributed by atoms with Crippen LogP contribution in [-0.2, 0) is 4.79 Å². The Morgan fingerprint density at radius 3 is 2.35 bits per heavy atom. The van der Waals surface area contributed by atoms with E-state index in [9.17, 15) is 9.59 Å². The number of carbonyl (C=O) groups excluding carboxylic acids is 2. The first-order chi connectivity index (χ1) is 9.31. The zero-order chi connectivity index (χ0) is 15.3. The lowest BCUT2D eigenvalue weighted by molar-refractivity contribution is -0.123. The van der Waals surface area contributed by atoms with Crippen LogP contribution >= 0.6 is 12.2 Å². The number of thiocarbonyl (C=S) groups is 1. The SMILES string of the molecule is CC(C)NC(=O)C(C)NC(=O)c1ccc(C(N)=S)cn1. The molecule has 0 saturated carbocycles. The van der Waals surface area contributed by atoms with Gasteiger partial charge in [-0.25, -0.2) is 0 Å². The quantitative estimate of drug-likeness (QED) is 0.681. The van der Waals surface area contributed by atoms with Gasteiger partial charge in [-0.15, -0.1) is 0 Å². The minimum absolute atomic E-state index is 0.0184. The summed E-state index contributed by atoms with van der Waals surface area (Å²) in [6, 6.07) is 2.51. The number of hydrogen-bond donors (Lipinski definition) is 3. The highest BCUT2D eigenvalue weighted by molar-refractivity contribution is 7.80. The molecule has 0 aliphatic heterocycles. The van der Waals surface area contributed by atoms with E-state index in [2.05, 4.69) is 15.6 Å². The van der Waals surface area contributed by atoms with Crippen LogP contribution in [0.1, 0.15) is 36.8 Å². The van der Waals surface area contributed by atoms with E-state index in [0.717, 1.165) is 0 Å². The number of pyridine rings is 1. The molecule has 20 heavy (non-hydrogen) atoms. The van der Waals surface area contributed by atoms with Crippen molar-refractivity contribution in [3.8, 4) is 0 Å². The number of hydrogen-bond acceptors (Lipinski definition) is 4. The molecule has 2 amide bonds. The van der Waals surface area contributed by atoms with Crippen LogP contribution < -0.4 is 16.4 Å². The van der Waals surface area contributed by atoms with Crippen LogP contribution in [0.2, 0.25) is 0 Å². The van der Waals surface area contributed by atoms with Crippen LogP contribution in [0.25, 0.3) is 0 Å². The third-order valence-corrected chi connectivity index (χ3v) is 2.69. The number of nitrogens with zero attached hydrogens (tertiary/aromatic N) is 1. The molecule has 0 aromatic carbocycles. The summed E-state index contributed by atoms with van der Waals surface area (Å²) in [7, 11) is 0. The molecule has 0 radical (unpaired) electrons. The van der Waals surface area contributed by atoms with E-state index in [-0.39, 0.29) is 22.6 Å². The number of rotatable bonds is 5. The van der Waals surface area contributed by atoms with E-state index < -0.39 is 11.9 Å². The van der Waals surface area contributed by atoms with Crippen molar-refractivity contribution in [1.82, 2.24) is 15.6 Å². The molecule has 1 atom stereocenters. The Morgan fingerprint density at radius 2 is 1.90 bits per heavy atom. The van der Waals surface area contributed by atoms with Crippen LogP contribution in [0.4, 0.5) is 0 Å². The average molecular weight is 294 g/mol. The smallest absolute Gasteiger partial charge is 0.270 e. The second-order valence-corrected chi connectivity index (χ2v) is 5.09. The third kappa shape index (κ3) is 4.58. The maximum Gasteiger partial charge on any atom is 0.270 e. The van der Waals surface area contributed by atoms with Crippen molar-refractivity contribution in [2.24, 2.45) is 5.73 Å². The molecule has 0 fully saturated rings. The van der Waals surface area contributed by atoms with Crippen molar-refractivity contribution >= 4 is 29.0 Å². The van der Waals surface area contributed by atoms with Gasteiger partial charge >= 0.3 is 0 Å². The van der Waals surface area contributed by atoms with Gasteiger partial charge < -0.3 is 16.4 Å². The van der Waals surface area contributed by atoms with Crippen molar-refractivity contribution in [3.63, 3.8) is 0 Å². The van der Waals surface area contributed by atoms with Gasteiger partial charge in [0.05, 0.1) is 0 Å². The summed E-state index contributed by atoms with van der Waals surface area (Å²) in [5, 5.41) is 5.29. The maximum atomic E-state index is 11.9. The molecular weight excluding hydrogens is 276 g/mol. The molecule has 0 spiro atoms. The second-order valence-electron chi connectivity index (χ2n) is 4.65. The normalized spacial score (nSPS) is 11.8. The van der Waals surface area contributed by atoms with E-state index in [1.165, 1.54) is 12.3 Å². The monoisotopic (exact) mass is 294 g/mol. The zero-order valence-electron chi connectivity index (χ0n) is 11.6. The Hall–Kier alpha value is -2.02. The summed E-state index contributed by atoms with van der Waals surface area (Å²) in [5.41, 5.74) is 6.23. The number of nitrogens with two attached hydrogens (primary N) is 1. The molecule has 1 heterocycles. The Kier molecular flexibility index (Phi) is 5.57. The molecule has 0 aliphatic rings. The van der Waals surface area contributed by atoms with Crippen LogP contribution in [-0.4, -0.2) is 33.9 Å². The molecule has 1 aromatic rings. The Bertz CT molecular complexity index is 514. The maximum absolute atomic E-state index is 11.9. The Labute approximate surface area is 123 Å². The predicted octanol–water partition coefficient (Wildman–Crippen LogP) is 0.359. The lowest BCUT2D eigenvalue weighted by Crippen LogP contribution is -2.46.